The number of ether oxygens (including phenoxy) is 2. The summed E-state index contributed by atoms with van der Waals surface area (Å²) in [6.07, 6.45) is 0. The zero-order valence-corrected chi connectivity index (χ0v) is 19.0. The molecule has 32 heavy (non-hydrogen) atoms. The van der Waals surface area contributed by atoms with Gasteiger partial charge in [-0.3, -0.25) is 0 Å². The molecule has 7 nitrogen and oxygen atoms in total. The molecule has 1 N–H and O–H groups in total. The van der Waals surface area contributed by atoms with Gasteiger partial charge < -0.3 is 18.9 Å². The fourth-order valence-electron chi connectivity index (χ4n) is 3.39. The molecule has 0 saturated carbocycles. The summed E-state index contributed by atoms with van der Waals surface area (Å²) in [5.41, 5.74) is 4.82. The number of fused-ring (bicyclic) bond motifs is 1. The average Bonchev–Trinajstić information content (AvgIpc) is 3.44. The van der Waals surface area contributed by atoms with Gasteiger partial charge >= 0.3 is 0 Å². The summed E-state index contributed by atoms with van der Waals surface area (Å²) in [4.78, 5) is 8.03. The van der Waals surface area contributed by atoms with Crippen LogP contribution in [0, 0.1) is 6.92 Å². The number of nitrogens with one attached hydrogen (secondary N) is 1. The first-order valence-electron chi connectivity index (χ1n) is 9.95. The molecule has 5 aromatic rings. The van der Waals surface area contributed by atoms with E-state index >= 15 is 0 Å². The maximum Gasteiger partial charge on any atom is 0.254 e. The molecule has 160 valence electrons. The molecule has 3 aromatic carbocycles. The minimum absolute atomic E-state index is 0.122. The summed E-state index contributed by atoms with van der Waals surface area (Å²) in [7, 11) is 1.60. The lowest BCUT2D eigenvalue weighted by molar-refractivity contribution is 0.251. The number of aryl methyl sites for hydroxylation is 1. The smallest absolute Gasteiger partial charge is 0.254 e. The van der Waals surface area contributed by atoms with Crippen LogP contribution < -0.4 is 9.47 Å². The average molecular weight is 491 g/mol. The van der Waals surface area contributed by atoms with Gasteiger partial charge in [-0.15, -0.1) is 10.2 Å². The molecule has 0 fully saturated rings. The van der Waals surface area contributed by atoms with Crippen LogP contribution in [0.2, 0.25) is 0 Å². The van der Waals surface area contributed by atoms with Crippen LogP contribution in [-0.2, 0) is 6.61 Å². The van der Waals surface area contributed by atoms with Crippen LogP contribution in [0.4, 0.5) is 0 Å². The van der Waals surface area contributed by atoms with Crippen LogP contribution >= 0.6 is 15.9 Å². The minimum Gasteiger partial charge on any atom is -0.493 e. The number of H-pyrrole nitrogens is 1. The summed E-state index contributed by atoms with van der Waals surface area (Å²) in [5, 5.41) is 8.19. The monoisotopic (exact) mass is 490 g/mol. The Balaban J connectivity index is 1.35. The van der Waals surface area contributed by atoms with E-state index in [-0.39, 0.29) is 6.61 Å². The zero-order chi connectivity index (χ0) is 22.1. The maximum absolute atomic E-state index is 5.90. The van der Waals surface area contributed by atoms with Crippen molar-refractivity contribution in [2.75, 3.05) is 7.11 Å². The predicted molar refractivity (Wildman–Crippen MR) is 125 cm³/mol. The quantitative estimate of drug-likeness (QED) is 0.317. The van der Waals surface area contributed by atoms with E-state index in [0.717, 1.165) is 32.5 Å². The Morgan fingerprint density at radius 2 is 1.88 bits per heavy atom. The van der Waals surface area contributed by atoms with Gasteiger partial charge in [-0.2, -0.15) is 0 Å². The number of nitrogens with zero attached hydrogens (tertiary/aromatic N) is 3. The highest BCUT2D eigenvalue weighted by Gasteiger charge is 2.14. The number of aromatic nitrogens is 4. The van der Waals surface area contributed by atoms with Crippen LogP contribution in [-0.4, -0.2) is 27.3 Å². The number of halogens is 1. The molecule has 0 unspecified atom stereocenters. The van der Waals surface area contributed by atoms with Gasteiger partial charge in [0.25, 0.3) is 5.89 Å². The summed E-state index contributed by atoms with van der Waals surface area (Å²) >= 11 is 3.49. The lowest BCUT2D eigenvalue weighted by atomic mass is 10.2. The third kappa shape index (κ3) is 3.97. The van der Waals surface area contributed by atoms with Crippen molar-refractivity contribution in [2.45, 2.75) is 13.5 Å². The van der Waals surface area contributed by atoms with Crippen LogP contribution in [0.1, 0.15) is 11.5 Å². The molecule has 0 radical (unpaired) electrons. The van der Waals surface area contributed by atoms with E-state index in [2.05, 4.69) is 49.1 Å². The largest absolute Gasteiger partial charge is 0.493 e. The second-order valence-electron chi connectivity index (χ2n) is 7.24. The van der Waals surface area contributed by atoms with Gasteiger partial charge in [0.15, 0.2) is 18.1 Å². The highest BCUT2D eigenvalue weighted by atomic mass is 79.9. The molecule has 0 bridgehead atoms. The third-order valence-corrected chi connectivity index (χ3v) is 5.69. The Labute approximate surface area is 192 Å². The van der Waals surface area contributed by atoms with E-state index < -0.39 is 0 Å². The van der Waals surface area contributed by atoms with Gasteiger partial charge in [0.05, 0.1) is 23.7 Å². The van der Waals surface area contributed by atoms with Crippen molar-refractivity contribution in [3.05, 3.63) is 76.6 Å². The fraction of sp³-hybridized carbons (Fsp3) is 0.125. The summed E-state index contributed by atoms with van der Waals surface area (Å²) in [6.45, 7) is 2.18. The number of imidazole rings is 1. The summed E-state index contributed by atoms with van der Waals surface area (Å²) < 4.78 is 18.1. The number of rotatable bonds is 6. The van der Waals surface area contributed by atoms with E-state index in [9.17, 15) is 0 Å². The number of methoxy groups -OCH3 is 1. The molecule has 2 aromatic heterocycles. The van der Waals surface area contributed by atoms with Crippen molar-refractivity contribution >= 4 is 27.0 Å². The molecule has 2 heterocycles. The van der Waals surface area contributed by atoms with Crippen molar-refractivity contribution in [3.8, 4) is 34.3 Å². The van der Waals surface area contributed by atoms with Crippen molar-refractivity contribution in [1.82, 2.24) is 20.2 Å². The van der Waals surface area contributed by atoms with Crippen LogP contribution in [0.15, 0.2) is 69.6 Å². The van der Waals surface area contributed by atoms with E-state index in [1.807, 2.05) is 54.6 Å². The van der Waals surface area contributed by atoms with E-state index in [0.29, 0.717) is 23.3 Å². The van der Waals surface area contributed by atoms with Crippen molar-refractivity contribution in [2.24, 2.45) is 0 Å². The standard InChI is InChI=1S/C24H19BrN4O3/c1-14-7-9-18-19(11-14)27-23(26-18)15-8-10-20(21(12-15)30-2)31-13-22-28-29-24(32-22)16-5-3-4-6-17(16)25/h3-12H,13H2,1-2H3,(H,26,27). The van der Waals surface area contributed by atoms with Gasteiger partial charge in [0.1, 0.15) is 5.82 Å². The van der Waals surface area contributed by atoms with Gasteiger partial charge in [-0.1, -0.05) is 18.2 Å². The van der Waals surface area contributed by atoms with Crippen LogP contribution in [0.3, 0.4) is 0 Å². The van der Waals surface area contributed by atoms with Crippen LogP contribution in [0.5, 0.6) is 11.5 Å². The lowest BCUT2D eigenvalue weighted by Crippen LogP contribution is -1.98. The second kappa shape index (κ2) is 8.47. The SMILES string of the molecule is COc1cc(-c2nc3ccc(C)cc3[nH]2)ccc1OCc1nnc(-c2ccccc2Br)o1. The summed E-state index contributed by atoms with van der Waals surface area (Å²) in [5.74, 6) is 2.73. The maximum atomic E-state index is 5.90. The van der Waals surface area contributed by atoms with Gasteiger partial charge in [-0.25, -0.2) is 4.98 Å². The molecule has 0 spiro atoms. The topological polar surface area (TPSA) is 86.1 Å². The van der Waals surface area contributed by atoms with E-state index in [1.54, 1.807) is 7.11 Å². The first-order chi connectivity index (χ1) is 15.6. The molecule has 0 saturated heterocycles. The molecule has 0 amide bonds. The molecule has 8 heteroatoms. The fourth-order valence-corrected chi connectivity index (χ4v) is 3.84. The third-order valence-electron chi connectivity index (χ3n) is 5.00. The van der Waals surface area contributed by atoms with Crippen molar-refractivity contribution < 1.29 is 13.9 Å². The zero-order valence-electron chi connectivity index (χ0n) is 17.4. The molecule has 5 rings (SSSR count). The Morgan fingerprint density at radius 3 is 2.72 bits per heavy atom. The Kier molecular flexibility index (Phi) is 5.36. The van der Waals surface area contributed by atoms with Crippen LogP contribution in [0.25, 0.3) is 33.9 Å². The Morgan fingerprint density at radius 1 is 1.00 bits per heavy atom. The molecule has 0 aliphatic carbocycles. The Hall–Kier alpha value is -3.65. The first-order valence-corrected chi connectivity index (χ1v) is 10.7. The van der Waals surface area contributed by atoms with Gasteiger partial charge in [-0.05, 0) is 70.9 Å². The number of benzene rings is 3. The van der Waals surface area contributed by atoms with Gasteiger partial charge in [0, 0.05) is 10.0 Å². The molecule has 0 atom stereocenters. The Bertz CT molecular complexity index is 1410. The number of hydrogen-bond donors (Lipinski definition) is 1. The molecular weight excluding hydrogens is 472 g/mol. The van der Waals surface area contributed by atoms with Crippen molar-refractivity contribution in [3.63, 3.8) is 0 Å². The molecule has 0 aliphatic rings. The highest BCUT2D eigenvalue weighted by Crippen LogP contribution is 2.33. The molecular formula is C24H19BrN4O3. The predicted octanol–water partition coefficient (Wildman–Crippen LogP) is 5.94. The summed E-state index contributed by atoms with van der Waals surface area (Å²) in [6, 6.07) is 19.5. The second-order valence-corrected chi connectivity index (χ2v) is 8.10. The lowest BCUT2D eigenvalue weighted by Gasteiger charge is -2.10. The number of hydrogen-bond acceptors (Lipinski definition) is 6. The number of aromatic amines is 1. The van der Waals surface area contributed by atoms with E-state index in [4.69, 9.17) is 13.9 Å². The van der Waals surface area contributed by atoms with Crippen molar-refractivity contribution in [1.29, 1.82) is 0 Å². The normalized spacial score (nSPS) is 11.1. The highest BCUT2D eigenvalue weighted by molar-refractivity contribution is 9.10. The first kappa shape index (κ1) is 20.3. The van der Waals surface area contributed by atoms with Gasteiger partial charge in [0.2, 0.25) is 5.89 Å². The van der Waals surface area contributed by atoms with E-state index in [1.165, 1.54) is 5.56 Å². The molecule has 0 aliphatic heterocycles. The minimum atomic E-state index is 0.122.